The van der Waals surface area contributed by atoms with Gasteiger partial charge in [0.25, 0.3) is 0 Å². The molecular formula is C19H19FN2O2S. The topological polar surface area (TPSA) is 47.3 Å². The predicted octanol–water partition coefficient (Wildman–Crippen LogP) is 3.86. The van der Waals surface area contributed by atoms with Crippen molar-refractivity contribution in [2.24, 2.45) is 0 Å². The van der Waals surface area contributed by atoms with Crippen LogP contribution in [0.25, 0.3) is 0 Å². The van der Waals surface area contributed by atoms with E-state index in [4.69, 9.17) is 4.74 Å². The number of benzene rings is 2. The number of rotatable bonds is 7. The average Bonchev–Trinajstić information content (AvgIpc) is 3.03. The molecule has 0 bridgehead atoms. The average molecular weight is 358 g/mol. The third-order valence-corrected chi connectivity index (χ3v) is 4.94. The molecule has 3 rings (SSSR count). The zero-order chi connectivity index (χ0) is 17.6. The highest BCUT2D eigenvalue weighted by molar-refractivity contribution is 7.98. The fourth-order valence-electron chi connectivity index (χ4n) is 2.56. The molecule has 0 saturated carbocycles. The van der Waals surface area contributed by atoms with E-state index < -0.39 is 0 Å². The lowest BCUT2D eigenvalue weighted by Gasteiger charge is -2.13. The number of ether oxygens (including phenoxy) is 1. The number of methoxy groups -OCH3 is 1. The Morgan fingerprint density at radius 3 is 2.56 bits per heavy atom. The van der Waals surface area contributed by atoms with Crippen LogP contribution in [0.2, 0.25) is 0 Å². The molecule has 6 heteroatoms. The first-order valence-electron chi connectivity index (χ1n) is 7.86. The van der Waals surface area contributed by atoms with Crippen molar-refractivity contribution in [3.63, 3.8) is 0 Å². The minimum atomic E-state index is -0.222. The number of aliphatic hydroxyl groups is 1. The van der Waals surface area contributed by atoms with Gasteiger partial charge in [-0.05, 0) is 17.7 Å². The number of hydrogen-bond donors (Lipinski definition) is 1. The maximum Gasteiger partial charge on any atom is 0.168 e. The van der Waals surface area contributed by atoms with E-state index in [0.717, 1.165) is 16.5 Å². The molecule has 4 nitrogen and oxygen atoms in total. The molecule has 0 radical (unpaired) electrons. The van der Waals surface area contributed by atoms with Gasteiger partial charge in [-0.2, -0.15) is 0 Å². The molecule has 1 aromatic heterocycles. The summed E-state index contributed by atoms with van der Waals surface area (Å²) >= 11 is 1.44. The van der Waals surface area contributed by atoms with Gasteiger partial charge in [0.15, 0.2) is 5.16 Å². The van der Waals surface area contributed by atoms with Gasteiger partial charge in [0.2, 0.25) is 0 Å². The van der Waals surface area contributed by atoms with Gasteiger partial charge in [0, 0.05) is 11.3 Å². The summed E-state index contributed by atoms with van der Waals surface area (Å²) in [5.74, 6) is 1.03. The monoisotopic (exact) mass is 358 g/mol. The highest BCUT2D eigenvalue weighted by Crippen LogP contribution is 2.27. The van der Waals surface area contributed by atoms with Gasteiger partial charge in [-0.3, -0.25) is 0 Å². The molecule has 0 spiro atoms. The second-order valence-electron chi connectivity index (χ2n) is 5.47. The normalized spacial score (nSPS) is 10.8. The fourth-order valence-corrected chi connectivity index (χ4v) is 3.55. The lowest BCUT2D eigenvalue weighted by Crippen LogP contribution is -2.07. The maximum absolute atomic E-state index is 13.8. The molecular weight excluding hydrogens is 339 g/mol. The first kappa shape index (κ1) is 17.5. The number of imidazole rings is 1. The molecule has 0 unspecified atom stereocenters. The zero-order valence-electron chi connectivity index (χ0n) is 13.9. The number of nitrogens with zero attached hydrogens (tertiary/aromatic N) is 2. The van der Waals surface area contributed by atoms with Crippen molar-refractivity contribution >= 4 is 11.8 Å². The van der Waals surface area contributed by atoms with Gasteiger partial charge >= 0.3 is 0 Å². The summed E-state index contributed by atoms with van der Waals surface area (Å²) < 4.78 is 21.1. The quantitative estimate of drug-likeness (QED) is 0.652. The molecule has 0 amide bonds. The van der Waals surface area contributed by atoms with E-state index in [1.54, 1.807) is 25.4 Å². The van der Waals surface area contributed by atoms with Crippen LogP contribution >= 0.6 is 11.8 Å². The van der Waals surface area contributed by atoms with Crippen LogP contribution in [-0.4, -0.2) is 21.8 Å². The largest absolute Gasteiger partial charge is 0.496 e. The number of hydrogen-bond acceptors (Lipinski definition) is 4. The summed E-state index contributed by atoms with van der Waals surface area (Å²) in [7, 11) is 1.63. The van der Waals surface area contributed by atoms with Crippen LogP contribution < -0.4 is 4.74 Å². The smallest absolute Gasteiger partial charge is 0.168 e. The number of para-hydroxylation sites is 1. The van der Waals surface area contributed by atoms with E-state index in [9.17, 15) is 9.50 Å². The standard InChI is InChI=1S/C19H19FN2O2S/c1-24-18-9-5-3-6-14(18)11-22-16(12-23)10-21-19(22)25-13-15-7-2-4-8-17(15)20/h2-10,23H,11-13H2,1H3. The summed E-state index contributed by atoms with van der Waals surface area (Å²) in [6, 6.07) is 14.5. The Bertz CT molecular complexity index is 851. The van der Waals surface area contributed by atoms with Crippen LogP contribution in [0.3, 0.4) is 0 Å². The molecule has 0 atom stereocenters. The van der Waals surface area contributed by atoms with Crippen LogP contribution in [-0.2, 0) is 18.9 Å². The third kappa shape index (κ3) is 4.03. The van der Waals surface area contributed by atoms with Crippen molar-refractivity contribution in [2.45, 2.75) is 24.1 Å². The van der Waals surface area contributed by atoms with Crippen LogP contribution in [0.15, 0.2) is 59.9 Å². The molecule has 0 fully saturated rings. The van der Waals surface area contributed by atoms with Crippen LogP contribution in [0.1, 0.15) is 16.8 Å². The molecule has 2 aromatic carbocycles. The minimum Gasteiger partial charge on any atom is -0.496 e. The van der Waals surface area contributed by atoms with Crippen molar-refractivity contribution in [1.82, 2.24) is 9.55 Å². The molecule has 0 saturated heterocycles. The van der Waals surface area contributed by atoms with E-state index in [2.05, 4.69) is 4.98 Å². The first-order chi connectivity index (χ1) is 12.2. The van der Waals surface area contributed by atoms with Crippen molar-refractivity contribution in [3.05, 3.63) is 77.4 Å². The Balaban J connectivity index is 1.84. The molecule has 0 aliphatic rings. The number of thioether (sulfide) groups is 1. The van der Waals surface area contributed by atoms with Gasteiger partial charge in [0.05, 0.1) is 32.2 Å². The van der Waals surface area contributed by atoms with Crippen molar-refractivity contribution < 1.29 is 14.2 Å². The van der Waals surface area contributed by atoms with Gasteiger partial charge in [0.1, 0.15) is 11.6 Å². The van der Waals surface area contributed by atoms with Crippen LogP contribution in [0.4, 0.5) is 4.39 Å². The van der Waals surface area contributed by atoms with E-state index in [-0.39, 0.29) is 12.4 Å². The van der Waals surface area contributed by atoms with Gasteiger partial charge < -0.3 is 14.4 Å². The Labute approximate surface area is 150 Å². The lowest BCUT2D eigenvalue weighted by atomic mass is 10.2. The van der Waals surface area contributed by atoms with E-state index in [0.29, 0.717) is 23.6 Å². The van der Waals surface area contributed by atoms with Crippen molar-refractivity contribution in [1.29, 1.82) is 0 Å². The number of aromatic nitrogens is 2. The summed E-state index contributed by atoms with van der Waals surface area (Å²) in [6.07, 6.45) is 1.65. The van der Waals surface area contributed by atoms with E-state index in [1.807, 2.05) is 34.9 Å². The van der Waals surface area contributed by atoms with E-state index >= 15 is 0 Å². The molecule has 0 aliphatic heterocycles. The Morgan fingerprint density at radius 2 is 1.84 bits per heavy atom. The van der Waals surface area contributed by atoms with E-state index in [1.165, 1.54) is 17.8 Å². The summed E-state index contributed by atoms with van der Waals surface area (Å²) in [6.45, 7) is 0.419. The van der Waals surface area contributed by atoms with Gasteiger partial charge in [-0.1, -0.05) is 48.2 Å². The molecule has 1 heterocycles. The van der Waals surface area contributed by atoms with Crippen LogP contribution in [0, 0.1) is 5.82 Å². The van der Waals surface area contributed by atoms with Crippen LogP contribution in [0.5, 0.6) is 5.75 Å². The Morgan fingerprint density at radius 1 is 1.12 bits per heavy atom. The Kier molecular flexibility index (Phi) is 5.73. The number of aliphatic hydroxyl groups excluding tert-OH is 1. The van der Waals surface area contributed by atoms with Crippen molar-refractivity contribution in [2.75, 3.05) is 7.11 Å². The molecule has 25 heavy (non-hydrogen) atoms. The Hall–Kier alpha value is -2.31. The third-order valence-electron chi connectivity index (χ3n) is 3.90. The first-order valence-corrected chi connectivity index (χ1v) is 8.85. The molecule has 130 valence electrons. The summed E-state index contributed by atoms with van der Waals surface area (Å²) in [5.41, 5.74) is 2.33. The molecule has 0 aliphatic carbocycles. The zero-order valence-corrected chi connectivity index (χ0v) is 14.7. The second kappa shape index (κ2) is 8.18. The highest BCUT2D eigenvalue weighted by Gasteiger charge is 2.13. The highest BCUT2D eigenvalue weighted by atomic mass is 32.2. The molecule has 3 aromatic rings. The second-order valence-corrected chi connectivity index (χ2v) is 6.41. The maximum atomic E-state index is 13.8. The SMILES string of the molecule is COc1ccccc1Cn1c(CO)cnc1SCc1ccccc1F. The predicted molar refractivity (Wildman–Crippen MR) is 96.2 cm³/mol. The summed E-state index contributed by atoms with van der Waals surface area (Å²) in [5, 5.41) is 10.3. The van der Waals surface area contributed by atoms with Crippen molar-refractivity contribution in [3.8, 4) is 5.75 Å². The lowest BCUT2D eigenvalue weighted by molar-refractivity contribution is 0.270. The van der Waals surface area contributed by atoms with Gasteiger partial charge in [-0.25, -0.2) is 9.37 Å². The minimum absolute atomic E-state index is 0.109. The summed E-state index contributed by atoms with van der Waals surface area (Å²) in [4.78, 5) is 4.39. The molecule has 1 N–H and O–H groups in total. The van der Waals surface area contributed by atoms with Gasteiger partial charge in [-0.15, -0.1) is 0 Å². The fraction of sp³-hybridized carbons (Fsp3) is 0.211. The number of halogens is 1.